The van der Waals surface area contributed by atoms with Crippen LogP contribution in [0.25, 0.3) is 0 Å². The summed E-state index contributed by atoms with van der Waals surface area (Å²) in [6.07, 6.45) is -0.137. The van der Waals surface area contributed by atoms with E-state index in [1.807, 2.05) is 0 Å². The largest absolute Gasteiger partial charge is 0.481 e. The Balaban J connectivity index is 2.67. The molecule has 1 aromatic rings. The summed E-state index contributed by atoms with van der Waals surface area (Å²) < 4.78 is 0. The number of aromatic nitrogens is 2. The predicted molar refractivity (Wildman–Crippen MR) is 57.1 cm³/mol. The standard InChI is InChI=1S/C10H15N3O3/c1-6-4-7(13-12-6)9(16)11-10(2,3)5-8(14)15/h4H,5H2,1-3H3,(H,11,16)(H,12,13)(H,14,15). The number of hydrogen-bond donors (Lipinski definition) is 3. The number of nitrogens with zero attached hydrogens (tertiary/aromatic N) is 1. The Morgan fingerprint density at radius 1 is 1.56 bits per heavy atom. The van der Waals surface area contributed by atoms with Gasteiger partial charge in [-0.15, -0.1) is 0 Å². The molecule has 1 aromatic heterocycles. The third-order valence-electron chi connectivity index (χ3n) is 1.98. The highest BCUT2D eigenvalue weighted by Crippen LogP contribution is 2.09. The highest BCUT2D eigenvalue weighted by Gasteiger charge is 2.25. The number of nitrogens with one attached hydrogen (secondary N) is 2. The molecule has 1 heterocycles. The van der Waals surface area contributed by atoms with Crippen LogP contribution in [-0.4, -0.2) is 32.7 Å². The van der Waals surface area contributed by atoms with Gasteiger partial charge in [-0.25, -0.2) is 0 Å². The van der Waals surface area contributed by atoms with Crippen molar-refractivity contribution in [2.45, 2.75) is 32.7 Å². The summed E-state index contributed by atoms with van der Waals surface area (Å²) in [5.74, 6) is -1.33. The maximum atomic E-state index is 11.7. The molecular weight excluding hydrogens is 210 g/mol. The van der Waals surface area contributed by atoms with Crippen molar-refractivity contribution in [1.82, 2.24) is 15.5 Å². The van der Waals surface area contributed by atoms with Crippen molar-refractivity contribution in [1.29, 1.82) is 0 Å². The first-order valence-corrected chi connectivity index (χ1v) is 4.86. The normalized spacial score (nSPS) is 11.2. The Labute approximate surface area is 93.1 Å². The van der Waals surface area contributed by atoms with Crippen molar-refractivity contribution in [3.05, 3.63) is 17.5 Å². The van der Waals surface area contributed by atoms with Crippen molar-refractivity contribution < 1.29 is 14.7 Å². The first-order chi connectivity index (χ1) is 7.30. The fourth-order valence-corrected chi connectivity index (χ4v) is 1.33. The Morgan fingerprint density at radius 3 is 2.62 bits per heavy atom. The summed E-state index contributed by atoms with van der Waals surface area (Å²) in [5, 5.41) is 17.7. The second-order valence-corrected chi connectivity index (χ2v) is 4.34. The maximum absolute atomic E-state index is 11.7. The SMILES string of the molecule is Cc1cc(C(=O)NC(C)(C)CC(=O)O)n[nH]1. The van der Waals surface area contributed by atoms with Crippen LogP contribution < -0.4 is 5.32 Å². The van der Waals surface area contributed by atoms with Crippen LogP contribution >= 0.6 is 0 Å². The van der Waals surface area contributed by atoms with Gasteiger partial charge in [0.25, 0.3) is 5.91 Å². The van der Waals surface area contributed by atoms with E-state index in [1.54, 1.807) is 26.8 Å². The van der Waals surface area contributed by atoms with E-state index in [1.165, 1.54) is 0 Å². The molecule has 0 saturated carbocycles. The number of carbonyl (C=O) groups is 2. The average Bonchev–Trinajstić information content (AvgIpc) is 2.47. The van der Waals surface area contributed by atoms with Crippen molar-refractivity contribution >= 4 is 11.9 Å². The van der Waals surface area contributed by atoms with Gasteiger partial charge >= 0.3 is 5.97 Å². The van der Waals surface area contributed by atoms with E-state index < -0.39 is 11.5 Å². The second-order valence-electron chi connectivity index (χ2n) is 4.34. The first-order valence-electron chi connectivity index (χ1n) is 4.86. The minimum atomic E-state index is -0.955. The molecule has 6 nitrogen and oxygen atoms in total. The second kappa shape index (κ2) is 4.34. The Morgan fingerprint density at radius 2 is 2.19 bits per heavy atom. The van der Waals surface area contributed by atoms with Crippen LogP contribution in [-0.2, 0) is 4.79 Å². The fraction of sp³-hybridized carbons (Fsp3) is 0.500. The predicted octanol–water partition coefficient (Wildman–Crippen LogP) is 0.701. The van der Waals surface area contributed by atoms with E-state index >= 15 is 0 Å². The number of carboxylic acids is 1. The summed E-state index contributed by atoms with van der Waals surface area (Å²) in [5.41, 5.74) is 0.243. The van der Waals surface area contributed by atoms with Crippen LogP contribution in [0.5, 0.6) is 0 Å². The highest BCUT2D eigenvalue weighted by molar-refractivity contribution is 5.93. The zero-order valence-corrected chi connectivity index (χ0v) is 9.50. The third-order valence-corrected chi connectivity index (χ3v) is 1.98. The zero-order chi connectivity index (χ0) is 12.3. The van der Waals surface area contributed by atoms with E-state index in [0.29, 0.717) is 0 Å². The number of H-pyrrole nitrogens is 1. The molecule has 0 aliphatic rings. The quantitative estimate of drug-likeness (QED) is 0.703. The van der Waals surface area contributed by atoms with Crippen molar-refractivity contribution in [2.75, 3.05) is 0 Å². The average molecular weight is 225 g/mol. The molecular formula is C10H15N3O3. The molecule has 6 heteroatoms. The lowest BCUT2D eigenvalue weighted by molar-refractivity contribution is -0.138. The first kappa shape index (κ1) is 12.2. The minimum absolute atomic E-state index is 0.137. The molecule has 0 atom stereocenters. The lowest BCUT2D eigenvalue weighted by Crippen LogP contribution is -2.45. The molecule has 0 aromatic carbocycles. The van der Waals surface area contributed by atoms with Gasteiger partial charge in [0, 0.05) is 11.2 Å². The number of carboxylic acid groups (broad SMARTS) is 1. The zero-order valence-electron chi connectivity index (χ0n) is 9.50. The van der Waals surface area contributed by atoms with E-state index in [9.17, 15) is 9.59 Å². The molecule has 0 aliphatic carbocycles. The number of rotatable bonds is 4. The lowest BCUT2D eigenvalue weighted by atomic mass is 10.0. The maximum Gasteiger partial charge on any atom is 0.305 e. The van der Waals surface area contributed by atoms with Crippen LogP contribution in [0.15, 0.2) is 6.07 Å². The molecule has 3 N–H and O–H groups in total. The van der Waals surface area contributed by atoms with E-state index in [0.717, 1.165) is 5.69 Å². The van der Waals surface area contributed by atoms with Crippen LogP contribution in [0.1, 0.15) is 36.5 Å². The Bertz CT molecular complexity index is 409. The van der Waals surface area contributed by atoms with Crippen molar-refractivity contribution in [2.24, 2.45) is 0 Å². The fourth-order valence-electron chi connectivity index (χ4n) is 1.33. The lowest BCUT2D eigenvalue weighted by Gasteiger charge is -2.23. The number of carbonyl (C=O) groups excluding carboxylic acids is 1. The van der Waals surface area contributed by atoms with Gasteiger partial charge in [-0.2, -0.15) is 5.10 Å². The van der Waals surface area contributed by atoms with Crippen molar-refractivity contribution in [3.8, 4) is 0 Å². The van der Waals surface area contributed by atoms with E-state index in [2.05, 4.69) is 15.5 Å². The number of aromatic amines is 1. The summed E-state index contributed by atoms with van der Waals surface area (Å²) in [6, 6.07) is 1.60. The molecule has 1 amide bonds. The summed E-state index contributed by atoms with van der Waals surface area (Å²) >= 11 is 0. The number of aliphatic carboxylic acids is 1. The third kappa shape index (κ3) is 3.38. The molecule has 0 unspecified atom stereocenters. The molecule has 0 radical (unpaired) electrons. The Hall–Kier alpha value is -1.85. The smallest absolute Gasteiger partial charge is 0.305 e. The van der Waals surface area contributed by atoms with Gasteiger partial charge in [-0.1, -0.05) is 0 Å². The Kier molecular flexibility index (Phi) is 3.31. The molecule has 0 spiro atoms. The van der Waals surface area contributed by atoms with E-state index in [-0.39, 0.29) is 18.0 Å². The summed E-state index contributed by atoms with van der Waals surface area (Å²) in [4.78, 5) is 22.2. The van der Waals surface area contributed by atoms with Gasteiger partial charge in [0.05, 0.1) is 6.42 Å². The molecule has 0 fully saturated rings. The molecule has 1 rings (SSSR count). The monoisotopic (exact) mass is 225 g/mol. The van der Waals surface area contributed by atoms with Gasteiger partial charge in [-0.3, -0.25) is 14.7 Å². The van der Waals surface area contributed by atoms with Gasteiger partial charge in [-0.05, 0) is 26.8 Å². The number of aryl methyl sites for hydroxylation is 1. The molecule has 0 aliphatic heterocycles. The highest BCUT2D eigenvalue weighted by atomic mass is 16.4. The van der Waals surface area contributed by atoms with Crippen LogP contribution in [0, 0.1) is 6.92 Å². The molecule has 16 heavy (non-hydrogen) atoms. The molecule has 0 bridgehead atoms. The number of hydrogen-bond acceptors (Lipinski definition) is 3. The summed E-state index contributed by atoms with van der Waals surface area (Å²) in [6.45, 7) is 5.09. The van der Waals surface area contributed by atoms with Gasteiger partial charge in [0.1, 0.15) is 5.69 Å². The minimum Gasteiger partial charge on any atom is -0.481 e. The topological polar surface area (TPSA) is 95.1 Å². The molecule has 88 valence electrons. The molecule has 0 saturated heterocycles. The van der Waals surface area contributed by atoms with Crippen LogP contribution in [0.3, 0.4) is 0 Å². The van der Waals surface area contributed by atoms with Crippen LogP contribution in [0.2, 0.25) is 0 Å². The van der Waals surface area contributed by atoms with Gasteiger partial charge in [0.15, 0.2) is 0 Å². The van der Waals surface area contributed by atoms with Crippen molar-refractivity contribution in [3.63, 3.8) is 0 Å². The van der Waals surface area contributed by atoms with Gasteiger partial charge < -0.3 is 10.4 Å². The summed E-state index contributed by atoms with van der Waals surface area (Å²) in [7, 11) is 0. The van der Waals surface area contributed by atoms with E-state index in [4.69, 9.17) is 5.11 Å². The number of amides is 1. The van der Waals surface area contributed by atoms with Crippen LogP contribution in [0.4, 0.5) is 0 Å². The van der Waals surface area contributed by atoms with Gasteiger partial charge in [0.2, 0.25) is 0 Å².